The number of thiazole rings is 1. The van der Waals surface area contributed by atoms with Gasteiger partial charge in [-0.1, -0.05) is 0 Å². The van der Waals surface area contributed by atoms with E-state index in [1.165, 1.54) is 0 Å². The third-order valence-corrected chi connectivity index (χ3v) is 6.26. The first-order valence-corrected chi connectivity index (χ1v) is 11.2. The molecular weight excluding hydrogens is 404 g/mol. The van der Waals surface area contributed by atoms with Crippen molar-refractivity contribution in [1.82, 2.24) is 9.97 Å². The summed E-state index contributed by atoms with van der Waals surface area (Å²) in [5.41, 5.74) is 2.23. The summed E-state index contributed by atoms with van der Waals surface area (Å²) in [5.74, 6) is 1.25. The predicted octanol–water partition coefficient (Wildman–Crippen LogP) is 4.74. The van der Waals surface area contributed by atoms with Crippen molar-refractivity contribution in [2.45, 2.75) is 30.4 Å². The number of thioether (sulfide) groups is 1. The molecule has 3 aromatic rings. The molecule has 1 aromatic carbocycles. The van der Waals surface area contributed by atoms with Crippen molar-refractivity contribution >= 4 is 46.4 Å². The quantitative estimate of drug-likeness (QED) is 0.535. The van der Waals surface area contributed by atoms with Gasteiger partial charge in [-0.2, -0.15) is 0 Å². The Morgan fingerprint density at radius 2 is 1.93 bits per heavy atom. The van der Waals surface area contributed by atoms with Crippen molar-refractivity contribution in [3.63, 3.8) is 0 Å². The van der Waals surface area contributed by atoms with Crippen LogP contribution in [0.15, 0.2) is 52.9 Å². The monoisotopic (exact) mass is 424 g/mol. The SMILES string of the molecule is Cc1nc(CSc2ccc(C(=O)Nc3ccc(NC(=O)C4CC4)nc3)cc2)cs1. The van der Waals surface area contributed by atoms with Crippen LogP contribution < -0.4 is 10.6 Å². The number of carbonyl (C=O) groups is 2. The number of anilines is 2. The molecule has 0 aliphatic heterocycles. The first-order valence-electron chi connectivity index (χ1n) is 9.29. The average molecular weight is 425 g/mol. The lowest BCUT2D eigenvalue weighted by molar-refractivity contribution is -0.117. The molecule has 2 amide bonds. The zero-order chi connectivity index (χ0) is 20.2. The lowest BCUT2D eigenvalue weighted by atomic mass is 10.2. The standard InChI is InChI=1S/C21H20N4O2S2/c1-13-23-17(11-28-13)12-29-18-7-4-15(5-8-18)20(26)24-16-6-9-19(22-10-16)25-21(27)14-2-3-14/h4-11,14H,2-3,12H2,1H3,(H,24,26)(H,22,25,27). The number of pyridine rings is 1. The van der Waals surface area contributed by atoms with Crippen LogP contribution >= 0.6 is 23.1 Å². The Kier molecular flexibility index (Phi) is 5.92. The Hall–Kier alpha value is -2.71. The largest absolute Gasteiger partial charge is 0.321 e. The van der Waals surface area contributed by atoms with Crippen LogP contribution in [0.5, 0.6) is 0 Å². The molecule has 2 heterocycles. The number of aromatic nitrogens is 2. The summed E-state index contributed by atoms with van der Waals surface area (Å²) in [6.07, 6.45) is 3.43. The van der Waals surface area contributed by atoms with E-state index in [4.69, 9.17) is 0 Å². The van der Waals surface area contributed by atoms with Gasteiger partial charge in [-0.05, 0) is 56.2 Å². The maximum Gasteiger partial charge on any atom is 0.255 e. The van der Waals surface area contributed by atoms with E-state index in [-0.39, 0.29) is 17.7 Å². The van der Waals surface area contributed by atoms with Crippen molar-refractivity contribution < 1.29 is 9.59 Å². The van der Waals surface area contributed by atoms with Crippen molar-refractivity contribution in [2.24, 2.45) is 5.92 Å². The summed E-state index contributed by atoms with van der Waals surface area (Å²) < 4.78 is 0. The fourth-order valence-corrected chi connectivity index (χ4v) is 4.16. The fraction of sp³-hybridized carbons (Fsp3) is 0.238. The third kappa shape index (κ3) is 5.42. The second-order valence-electron chi connectivity index (χ2n) is 6.82. The van der Waals surface area contributed by atoms with Crippen molar-refractivity contribution in [2.75, 3.05) is 10.6 Å². The molecule has 6 nitrogen and oxygen atoms in total. The maximum atomic E-state index is 12.4. The topological polar surface area (TPSA) is 84.0 Å². The number of rotatable bonds is 7. The van der Waals surface area contributed by atoms with Crippen LogP contribution in [0.3, 0.4) is 0 Å². The van der Waals surface area contributed by atoms with Crippen LogP contribution in [0, 0.1) is 12.8 Å². The molecule has 0 atom stereocenters. The molecule has 0 radical (unpaired) electrons. The molecule has 1 aliphatic carbocycles. The van der Waals surface area contributed by atoms with E-state index < -0.39 is 0 Å². The average Bonchev–Trinajstić information content (AvgIpc) is 3.50. The Morgan fingerprint density at radius 3 is 2.55 bits per heavy atom. The molecule has 4 rings (SSSR count). The molecule has 2 aromatic heterocycles. The van der Waals surface area contributed by atoms with Gasteiger partial charge in [0.2, 0.25) is 5.91 Å². The Bertz CT molecular complexity index is 1010. The van der Waals surface area contributed by atoms with Gasteiger partial charge in [0, 0.05) is 27.5 Å². The molecule has 29 heavy (non-hydrogen) atoms. The molecule has 1 aliphatic rings. The van der Waals surface area contributed by atoms with E-state index in [1.807, 2.05) is 31.2 Å². The molecule has 8 heteroatoms. The van der Waals surface area contributed by atoms with Gasteiger partial charge >= 0.3 is 0 Å². The van der Waals surface area contributed by atoms with Gasteiger partial charge in [-0.3, -0.25) is 9.59 Å². The summed E-state index contributed by atoms with van der Waals surface area (Å²) in [6.45, 7) is 2.00. The van der Waals surface area contributed by atoms with Crippen molar-refractivity contribution in [3.05, 3.63) is 64.2 Å². The first kappa shape index (κ1) is 19.6. The molecule has 148 valence electrons. The second kappa shape index (κ2) is 8.75. The van der Waals surface area contributed by atoms with Gasteiger partial charge in [0.1, 0.15) is 5.82 Å². The summed E-state index contributed by atoms with van der Waals surface area (Å²) in [7, 11) is 0. The van der Waals surface area contributed by atoms with Gasteiger partial charge in [0.05, 0.1) is 22.6 Å². The minimum Gasteiger partial charge on any atom is -0.321 e. The summed E-state index contributed by atoms with van der Waals surface area (Å²) in [4.78, 5) is 33.9. The molecule has 0 bridgehead atoms. The van der Waals surface area contributed by atoms with Crippen LogP contribution in [0.1, 0.15) is 33.9 Å². The van der Waals surface area contributed by atoms with E-state index in [0.29, 0.717) is 17.1 Å². The highest BCUT2D eigenvalue weighted by Crippen LogP contribution is 2.30. The van der Waals surface area contributed by atoms with E-state index >= 15 is 0 Å². The number of nitrogens with zero attached hydrogens (tertiary/aromatic N) is 2. The van der Waals surface area contributed by atoms with Crippen LogP contribution in [0.25, 0.3) is 0 Å². The number of hydrogen-bond donors (Lipinski definition) is 2. The lowest BCUT2D eigenvalue weighted by Crippen LogP contribution is -2.15. The number of aryl methyl sites for hydroxylation is 1. The van der Waals surface area contributed by atoms with Crippen LogP contribution in [0.4, 0.5) is 11.5 Å². The zero-order valence-electron chi connectivity index (χ0n) is 15.8. The Morgan fingerprint density at radius 1 is 1.14 bits per heavy atom. The van der Waals surface area contributed by atoms with E-state index in [0.717, 1.165) is 34.2 Å². The highest BCUT2D eigenvalue weighted by Gasteiger charge is 2.29. The minimum atomic E-state index is -0.201. The van der Waals surface area contributed by atoms with Gasteiger partial charge in [0.15, 0.2) is 0 Å². The zero-order valence-corrected chi connectivity index (χ0v) is 17.5. The molecular formula is C21H20N4O2S2. The van der Waals surface area contributed by atoms with E-state index in [1.54, 1.807) is 41.4 Å². The normalized spacial score (nSPS) is 13.1. The summed E-state index contributed by atoms with van der Waals surface area (Å²) >= 11 is 3.34. The second-order valence-corrected chi connectivity index (χ2v) is 8.93. The lowest BCUT2D eigenvalue weighted by Gasteiger charge is -2.07. The molecule has 1 saturated carbocycles. The van der Waals surface area contributed by atoms with Crippen LogP contribution in [-0.4, -0.2) is 21.8 Å². The number of hydrogen-bond acceptors (Lipinski definition) is 6. The third-order valence-electron chi connectivity index (χ3n) is 4.39. The first-order chi connectivity index (χ1) is 14.1. The van der Waals surface area contributed by atoms with Crippen LogP contribution in [0.2, 0.25) is 0 Å². The molecule has 0 saturated heterocycles. The summed E-state index contributed by atoms with van der Waals surface area (Å²) in [6, 6.07) is 10.9. The van der Waals surface area contributed by atoms with E-state index in [9.17, 15) is 9.59 Å². The minimum absolute atomic E-state index is 0.0113. The number of benzene rings is 1. The predicted molar refractivity (Wildman–Crippen MR) is 116 cm³/mol. The molecule has 0 unspecified atom stereocenters. The number of carbonyl (C=O) groups excluding carboxylic acids is 2. The Labute approximate surface area is 177 Å². The van der Waals surface area contributed by atoms with E-state index in [2.05, 4.69) is 26.0 Å². The van der Waals surface area contributed by atoms with Gasteiger partial charge in [0.25, 0.3) is 5.91 Å². The number of nitrogens with one attached hydrogen (secondary N) is 2. The summed E-state index contributed by atoms with van der Waals surface area (Å²) in [5, 5.41) is 8.74. The molecule has 1 fully saturated rings. The van der Waals surface area contributed by atoms with Crippen LogP contribution in [-0.2, 0) is 10.5 Å². The van der Waals surface area contributed by atoms with Gasteiger partial charge in [-0.15, -0.1) is 23.1 Å². The fourth-order valence-electron chi connectivity index (χ4n) is 2.65. The molecule has 2 N–H and O–H groups in total. The van der Waals surface area contributed by atoms with Gasteiger partial charge in [-0.25, -0.2) is 9.97 Å². The van der Waals surface area contributed by atoms with Crippen molar-refractivity contribution in [1.29, 1.82) is 0 Å². The Balaban J connectivity index is 1.30. The highest BCUT2D eigenvalue weighted by atomic mass is 32.2. The smallest absolute Gasteiger partial charge is 0.255 e. The maximum absolute atomic E-state index is 12.4. The van der Waals surface area contributed by atoms with Crippen molar-refractivity contribution in [3.8, 4) is 0 Å². The molecule has 0 spiro atoms. The highest BCUT2D eigenvalue weighted by molar-refractivity contribution is 7.98. The van der Waals surface area contributed by atoms with Gasteiger partial charge < -0.3 is 10.6 Å². The number of amides is 2.